The lowest BCUT2D eigenvalue weighted by Gasteiger charge is -2.26. The van der Waals surface area contributed by atoms with Crippen molar-refractivity contribution in [1.29, 1.82) is 0 Å². The molecule has 0 aromatic rings. The Bertz CT molecular complexity index is 323. The van der Waals surface area contributed by atoms with Crippen molar-refractivity contribution >= 4 is 5.91 Å². The summed E-state index contributed by atoms with van der Waals surface area (Å²) in [5.41, 5.74) is -0.262. The zero-order valence-corrected chi connectivity index (χ0v) is 10.8. The van der Waals surface area contributed by atoms with Gasteiger partial charge in [-0.05, 0) is 63.2 Å². The van der Waals surface area contributed by atoms with Gasteiger partial charge >= 0.3 is 0 Å². The Morgan fingerprint density at radius 1 is 1.29 bits per heavy atom. The lowest BCUT2D eigenvalue weighted by Crippen LogP contribution is -2.45. The molecule has 3 aliphatic rings. The van der Waals surface area contributed by atoms with E-state index in [2.05, 4.69) is 5.32 Å². The van der Waals surface area contributed by atoms with E-state index in [9.17, 15) is 4.79 Å². The minimum absolute atomic E-state index is 0.135. The van der Waals surface area contributed by atoms with Crippen LogP contribution < -0.4 is 5.32 Å². The number of amides is 1. The van der Waals surface area contributed by atoms with E-state index in [1.807, 2.05) is 13.8 Å². The quantitative estimate of drug-likeness (QED) is 0.779. The first kappa shape index (κ1) is 11.5. The van der Waals surface area contributed by atoms with Crippen LogP contribution in [0.15, 0.2) is 0 Å². The first-order valence-electron chi connectivity index (χ1n) is 6.96. The highest BCUT2D eigenvalue weighted by Crippen LogP contribution is 2.69. The summed E-state index contributed by atoms with van der Waals surface area (Å²) in [7, 11) is 0. The molecule has 3 aliphatic carbocycles. The summed E-state index contributed by atoms with van der Waals surface area (Å²) in [4.78, 5) is 12.2. The highest BCUT2D eigenvalue weighted by molar-refractivity contribution is 5.83. The fraction of sp³-hybridized carbons (Fsp3) is 0.929. The number of aliphatic hydroxyl groups is 1. The van der Waals surface area contributed by atoms with Gasteiger partial charge in [0.2, 0.25) is 5.91 Å². The van der Waals surface area contributed by atoms with E-state index < -0.39 is 0 Å². The number of hydrogen-bond donors (Lipinski definition) is 2. The minimum atomic E-state index is -0.262. The van der Waals surface area contributed by atoms with Crippen LogP contribution in [0.4, 0.5) is 0 Å². The maximum atomic E-state index is 12.2. The Hall–Kier alpha value is -0.570. The summed E-state index contributed by atoms with van der Waals surface area (Å²) in [6, 6.07) is 0. The summed E-state index contributed by atoms with van der Waals surface area (Å²) in [5, 5.41) is 12.1. The number of carbonyl (C=O) groups is 1. The van der Waals surface area contributed by atoms with Gasteiger partial charge in [-0.15, -0.1) is 0 Å². The van der Waals surface area contributed by atoms with Crippen molar-refractivity contribution in [2.75, 3.05) is 6.61 Å². The fourth-order valence-corrected chi connectivity index (χ4v) is 4.43. The third-order valence-electron chi connectivity index (χ3n) is 5.24. The summed E-state index contributed by atoms with van der Waals surface area (Å²) < 4.78 is 0. The topological polar surface area (TPSA) is 49.3 Å². The van der Waals surface area contributed by atoms with Crippen LogP contribution in [-0.2, 0) is 4.79 Å². The Kier molecular flexibility index (Phi) is 2.51. The largest absolute Gasteiger partial charge is 0.396 e. The SMILES string of the molecule is CC(C)(CCO)NC(=O)C1C2C3CCC(C3)C12. The predicted octanol–water partition coefficient (Wildman–Crippen LogP) is 1.56. The molecule has 4 unspecified atom stereocenters. The van der Waals surface area contributed by atoms with Gasteiger partial charge < -0.3 is 10.4 Å². The van der Waals surface area contributed by atoms with E-state index in [0.717, 1.165) is 11.8 Å². The van der Waals surface area contributed by atoms with Crippen LogP contribution in [0.2, 0.25) is 0 Å². The van der Waals surface area contributed by atoms with Crippen molar-refractivity contribution in [3.05, 3.63) is 0 Å². The van der Waals surface area contributed by atoms with Crippen LogP contribution in [0.5, 0.6) is 0 Å². The normalized spacial score (nSPS) is 42.4. The second-order valence-corrected chi connectivity index (χ2v) is 6.86. The number of nitrogens with one attached hydrogen (secondary N) is 1. The summed E-state index contributed by atoms with van der Waals surface area (Å²) in [5.74, 6) is 3.66. The number of rotatable bonds is 4. The summed E-state index contributed by atoms with van der Waals surface area (Å²) in [6.45, 7) is 4.12. The molecule has 17 heavy (non-hydrogen) atoms. The van der Waals surface area contributed by atoms with Crippen molar-refractivity contribution in [3.8, 4) is 0 Å². The van der Waals surface area contributed by atoms with Gasteiger partial charge in [-0.3, -0.25) is 4.79 Å². The number of carbonyl (C=O) groups excluding carboxylic acids is 1. The average Bonchev–Trinajstić information content (AvgIpc) is 2.68. The smallest absolute Gasteiger partial charge is 0.224 e. The zero-order chi connectivity index (χ0) is 12.2. The zero-order valence-electron chi connectivity index (χ0n) is 10.8. The highest BCUT2D eigenvalue weighted by atomic mass is 16.3. The van der Waals surface area contributed by atoms with E-state index in [0.29, 0.717) is 24.2 Å². The van der Waals surface area contributed by atoms with E-state index in [1.165, 1.54) is 19.3 Å². The van der Waals surface area contributed by atoms with Gasteiger partial charge in [0.15, 0.2) is 0 Å². The molecular formula is C14H23NO2. The van der Waals surface area contributed by atoms with Crippen LogP contribution in [0.1, 0.15) is 39.5 Å². The highest BCUT2D eigenvalue weighted by Gasteiger charge is 2.67. The molecule has 3 rings (SSSR count). The van der Waals surface area contributed by atoms with Gasteiger partial charge in [0, 0.05) is 18.1 Å². The molecule has 0 saturated heterocycles. The molecule has 0 aromatic heterocycles. The van der Waals surface area contributed by atoms with Crippen molar-refractivity contribution in [2.45, 2.75) is 45.1 Å². The lowest BCUT2D eigenvalue weighted by molar-refractivity contribution is -0.125. The average molecular weight is 237 g/mol. The summed E-state index contributed by atoms with van der Waals surface area (Å²) >= 11 is 0. The van der Waals surface area contributed by atoms with Crippen molar-refractivity contribution < 1.29 is 9.90 Å². The van der Waals surface area contributed by atoms with Crippen molar-refractivity contribution in [2.24, 2.45) is 29.6 Å². The Balaban J connectivity index is 1.59. The third-order valence-corrected chi connectivity index (χ3v) is 5.24. The van der Waals surface area contributed by atoms with Crippen LogP contribution in [0.25, 0.3) is 0 Å². The summed E-state index contributed by atoms with van der Waals surface area (Å²) in [6.07, 6.45) is 4.73. The molecule has 4 atom stereocenters. The van der Waals surface area contributed by atoms with E-state index in [-0.39, 0.29) is 18.1 Å². The van der Waals surface area contributed by atoms with Gasteiger partial charge in [-0.2, -0.15) is 0 Å². The molecular weight excluding hydrogens is 214 g/mol. The molecule has 2 bridgehead atoms. The molecule has 0 spiro atoms. The first-order valence-corrected chi connectivity index (χ1v) is 6.96. The van der Waals surface area contributed by atoms with Crippen LogP contribution in [0.3, 0.4) is 0 Å². The third kappa shape index (κ3) is 1.79. The van der Waals surface area contributed by atoms with Crippen molar-refractivity contribution in [3.63, 3.8) is 0 Å². The molecule has 3 fully saturated rings. The lowest BCUT2D eigenvalue weighted by atomic mass is 9.98. The van der Waals surface area contributed by atoms with Gasteiger partial charge in [0.1, 0.15) is 0 Å². The first-order chi connectivity index (χ1) is 8.03. The molecule has 1 amide bonds. The maximum absolute atomic E-state index is 12.2. The van der Waals surface area contributed by atoms with E-state index in [4.69, 9.17) is 5.11 Å². The van der Waals surface area contributed by atoms with Gasteiger partial charge in [-0.25, -0.2) is 0 Å². The molecule has 3 heteroatoms. The molecule has 0 radical (unpaired) electrons. The van der Waals surface area contributed by atoms with Crippen LogP contribution >= 0.6 is 0 Å². The van der Waals surface area contributed by atoms with Crippen LogP contribution in [-0.4, -0.2) is 23.2 Å². The predicted molar refractivity (Wildman–Crippen MR) is 65.2 cm³/mol. The molecule has 2 N–H and O–H groups in total. The standard InChI is InChI=1S/C14H23NO2/c1-14(2,5-6-16)15-13(17)12-10-8-3-4-9(7-8)11(10)12/h8-12,16H,3-7H2,1-2H3,(H,15,17). The maximum Gasteiger partial charge on any atom is 0.224 e. The second-order valence-electron chi connectivity index (χ2n) is 6.86. The molecule has 3 saturated carbocycles. The fourth-order valence-electron chi connectivity index (χ4n) is 4.43. The van der Waals surface area contributed by atoms with Gasteiger partial charge in [0.05, 0.1) is 0 Å². The van der Waals surface area contributed by atoms with Gasteiger partial charge in [-0.1, -0.05) is 0 Å². The second kappa shape index (κ2) is 3.71. The number of aliphatic hydroxyl groups excluding tert-OH is 1. The van der Waals surface area contributed by atoms with E-state index >= 15 is 0 Å². The number of hydrogen-bond acceptors (Lipinski definition) is 2. The Morgan fingerprint density at radius 3 is 2.41 bits per heavy atom. The van der Waals surface area contributed by atoms with Crippen LogP contribution in [0, 0.1) is 29.6 Å². The Morgan fingerprint density at radius 2 is 1.88 bits per heavy atom. The van der Waals surface area contributed by atoms with E-state index in [1.54, 1.807) is 0 Å². The molecule has 0 heterocycles. The Labute approximate surface area is 103 Å². The van der Waals surface area contributed by atoms with Crippen molar-refractivity contribution in [1.82, 2.24) is 5.32 Å². The monoisotopic (exact) mass is 237 g/mol. The molecule has 0 aliphatic heterocycles. The molecule has 96 valence electrons. The number of fused-ring (bicyclic) bond motifs is 5. The van der Waals surface area contributed by atoms with Gasteiger partial charge in [0.25, 0.3) is 0 Å². The molecule has 3 nitrogen and oxygen atoms in total. The molecule has 0 aromatic carbocycles. The minimum Gasteiger partial charge on any atom is -0.396 e.